The molecule has 1 saturated carbocycles. The van der Waals surface area contributed by atoms with Gasteiger partial charge in [-0.25, -0.2) is 0 Å². The molecule has 0 radical (unpaired) electrons. The fraction of sp³-hybridized carbons (Fsp3) is 0.875. The fourth-order valence-corrected chi connectivity index (χ4v) is 4.14. The van der Waals surface area contributed by atoms with Crippen LogP contribution in [0.5, 0.6) is 0 Å². The highest BCUT2D eigenvalue weighted by atomic mass is 15.2. The van der Waals surface area contributed by atoms with Gasteiger partial charge in [0, 0.05) is 18.1 Å². The summed E-state index contributed by atoms with van der Waals surface area (Å²) in [6.07, 6.45) is 11.9. The lowest BCUT2D eigenvalue weighted by Gasteiger charge is -2.41. The van der Waals surface area contributed by atoms with Gasteiger partial charge in [-0.2, -0.15) is 0 Å². The smallest absolute Gasteiger partial charge is 0.0164 e. The maximum Gasteiger partial charge on any atom is 0.0164 e. The molecule has 98 valence electrons. The summed E-state index contributed by atoms with van der Waals surface area (Å²) >= 11 is 0. The van der Waals surface area contributed by atoms with Gasteiger partial charge in [0.05, 0.1) is 0 Å². The summed E-state index contributed by atoms with van der Waals surface area (Å²) in [5.74, 6) is 1.72. The van der Waals surface area contributed by atoms with Crippen LogP contribution in [0.25, 0.3) is 0 Å². The summed E-state index contributed by atoms with van der Waals surface area (Å²) in [6, 6.07) is 2.35. The molecule has 2 bridgehead atoms. The predicted molar refractivity (Wildman–Crippen MR) is 75.1 cm³/mol. The minimum atomic E-state index is 0.703. The molecule has 3 fully saturated rings. The van der Waals surface area contributed by atoms with Crippen molar-refractivity contribution in [3.05, 3.63) is 12.2 Å². The summed E-state index contributed by atoms with van der Waals surface area (Å²) in [5, 5.41) is 0. The number of rotatable bonds is 3. The molecule has 0 spiro atoms. The number of hydrogen-bond acceptors (Lipinski definition) is 1. The Morgan fingerprint density at radius 1 is 1.06 bits per heavy atom. The van der Waals surface area contributed by atoms with E-state index in [2.05, 4.69) is 44.7 Å². The van der Waals surface area contributed by atoms with Gasteiger partial charge in [-0.3, -0.25) is 4.90 Å². The van der Waals surface area contributed by atoms with Gasteiger partial charge in [-0.15, -0.1) is 0 Å². The summed E-state index contributed by atoms with van der Waals surface area (Å²) in [6.45, 7) is 9.33. The van der Waals surface area contributed by atoms with Crippen LogP contribution in [0.3, 0.4) is 0 Å². The van der Waals surface area contributed by atoms with E-state index < -0.39 is 0 Å². The van der Waals surface area contributed by atoms with Crippen molar-refractivity contribution >= 4 is 0 Å². The normalized spacial score (nSPS) is 36.6. The predicted octanol–water partition coefficient (Wildman–Crippen LogP) is 4.24. The second kappa shape index (κ2) is 5.56. The van der Waals surface area contributed by atoms with Crippen molar-refractivity contribution in [2.24, 2.45) is 11.8 Å². The molecule has 2 aliphatic heterocycles. The molecular weight excluding hydrogens is 206 g/mol. The Bertz CT molecular complexity index is 261. The minimum absolute atomic E-state index is 0.703. The molecule has 0 aromatic rings. The van der Waals surface area contributed by atoms with E-state index in [4.69, 9.17) is 0 Å². The van der Waals surface area contributed by atoms with Gasteiger partial charge in [-0.1, -0.05) is 19.1 Å². The molecule has 0 N–H and O–H groups in total. The summed E-state index contributed by atoms with van der Waals surface area (Å²) < 4.78 is 0. The lowest BCUT2D eigenvalue weighted by molar-refractivity contribution is 0.0784. The third-order valence-corrected chi connectivity index (χ3v) is 4.89. The highest BCUT2D eigenvalue weighted by molar-refractivity contribution is 4.99. The Labute approximate surface area is 107 Å². The van der Waals surface area contributed by atoms with Crippen molar-refractivity contribution in [3.8, 4) is 0 Å². The van der Waals surface area contributed by atoms with Crippen LogP contribution in [-0.2, 0) is 0 Å². The average molecular weight is 235 g/mol. The first-order chi connectivity index (χ1) is 8.13. The highest BCUT2D eigenvalue weighted by Crippen LogP contribution is 2.40. The molecular formula is C16H29N. The zero-order valence-electron chi connectivity index (χ0n) is 12.0. The molecule has 0 aromatic heterocycles. The van der Waals surface area contributed by atoms with Crippen LogP contribution >= 0.6 is 0 Å². The first-order valence-corrected chi connectivity index (χ1v) is 7.53. The Balaban J connectivity index is 2.20. The number of fused-ring (bicyclic) bond motifs is 4. The minimum Gasteiger partial charge on any atom is -0.294 e. The molecule has 2 atom stereocenters. The molecule has 2 saturated heterocycles. The van der Waals surface area contributed by atoms with E-state index >= 15 is 0 Å². The van der Waals surface area contributed by atoms with Gasteiger partial charge in [0.15, 0.2) is 0 Å². The highest BCUT2D eigenvalue weighted by Gasteiger charge is 2.39. The van der Waals surface area contributed by atoms with E-state index in [1.165, 1.54) is 32.1 Å². The van der Waals surface area contributed by atoms with Crippen molar-refractivity contribution in [2.75, 3.05) is 0 Å². The zero-order valence-corrected chi connectivity index (χ0v) is 12.0. The van der Waals surface area contributed by atoms with E-state index in [1.807, 2.05) is 0 Å². The molecule has 1 nitrogen and oxygen atoms in total. The molecule has 2 unspecified atom stereocenters. The lowest BCUT2D eigenvalue weighted by Crippen LogP contribution is -2.48. The van der Waals surface area contributed by atoms with Gasteiger partial charge in [0.1, 0.15) is 0 Å². The maximum absolute atomic E-state index is 2.84. The average Bonchev–Trinajstić information content (AvgIpc) is 2.58. The third-order valence-electron chi connectivity index (χ3n) is 4.89. The Hall–Kier alpha value is -0.300. The van der Waals surface area contributed by atoms with Crippen LogP contribution in [0.4, 0.5) is 0 Å². The van der Waals surface area contributed by atoms with Crippen LogP contribution < -0.4 is 0 Å². The third kappa shape index (κ3) is 2.76. The van der Waals surface area contributed by atoms with Crippen LogP contribution in [0.1, 0.15) is 59.8 Å². The van der Waals surface area contributed by atoms with Gasteiger partial charge >= 0.3 is 0 Å². The van der Waals surface area contributed by atoms with Crippen molar-refractivity contribution in [1.82, 2.24) is 4.90 Å². The van der Waals surface area contributed by atoms with Crippen LogP contribution in [-0.4, -0.2) is 23.0 Å². The van der Waals surface area contributed by atoms with E-state index in [9.17, 15) is 0 Å². The number of nitrogens with zero attached hydrogens (tertiary/aromatic N) is 1. The van der Waals surface area contributed by atoms with Crippen molar-refractivity contribution < 1.29 is 0 Å². The second-order valence-electron chi connectivity index (χ2n) is 6.40. The van der Waals surface area contributed by atoms with Crippen molar-refractivity contribution in [1.29, 1.82) is 0 Å². The zero-order chi connectivity index (χ0) is 12.4. The number of allylic oxidation sites excluding steroid dienone is 1. The van der Waals surface area contributed by atoms with Crippen molar-refractivity contribution in [2.45, 2.75) is 77.9 Å². The lowest BCUT2D eigenvalue weighted by atomic mass is 9.84. The molecule has 17 heavy (non-hydrogen) atoms. The molecule has 1 aliphatic carbocycles. The molecule has 3 rings (SSSR count). The van der Waals surface area contributed by atoms with Crippen LogP contribution in [0.2, 0.25) is 0 Å². The summed E-state index contributed by atoms with van der Waals surface area (Å²) in [7, 11) is 0. The molecule has 0 amide bonds. The first-order valence-electron chi connectivity index (χ1n) is 7.53. The van der Waals surface area contributed by atoms with E-state index in [-0.39, 0.29) is 0 Å². The molecule has 2 heterocycles. The topological polar surface area (TPSA) is 3.24 Å². The van der Waals surface area contributed by atoms with Gasteiger partial charge in [-0.05, 0) is 64.7 Å². The van der Waals surface area contributed by atoms with Crippen LogP contribution in [0, 0.1) is 11.8 Å². The van der Waals surface area contributed by atoms with Crippen LogP contribution in [0.15, 0.2) is 12.2 Å². The Kier molecular flexibility index (Phi) is 4.30. The van der Waals surface area contributed by atoms with Gasteiger partial charge < -0.3 is 0 Å². The van der Waals surface area contributed by atoms with Gasteiger partial charge in [0.2, 0.25) is 0 Å². The monoisotopic (exact) mass is 235 g/mol. The quantitative estimate of drug-likeness (QED) is 0.661. The fourth-order valence-electron chi connectivity index (χ4n) is 4.14. The summed E-state index contributed by atoms with van der Waals surface area (Å²) in [5.41, 5.74) is 0. The van der Waals surface area contributed by atoms with E-state index in [1.54, 1.807) is 0 Å². The molecule has 1 heteroatoms. The first kappa shape index (κ1) is 13.1. The maximum atomic E-state index is 2.84. The molecule has 0 aromatic carbocycles. The number of hydrogen-bond donors (Lipinski definition) is 0. The Morgan fingerprint density at radius 3 is 2.24 bits per heavy atom. The summed E-state index contributed by atoms with van der Waals surface area (Å²) in [4.78, 5) is 2.84. The Morgan fingerprint density at radius 2 is 1.71 bits per heavy atom. The SMILES string of the molecule is CC=CC(C)C1CC2CCC(CC2)N1C(C)C. The van der Waals surface area contributed by atoms with Gasteiger partial charge in [0.25, 0.3) is 0 Å². The van der Waals surface area contributed by atoms with Crippen molar-refractivity contribution in [3.63, 3.8) is 0 Å². The second-order valence-corrected chi connectivity index (χ2v) is 6.40. The largest absolute Gasteiger partial charge is 0.294 e. The standard InChI is InChI=1S/C16H29N/c1-5-6-13(4)16-11-14-7-9-15(10-8-14)17(16)12(2)3/h5-6,12-16H,7-11H2,1-4H3. The van der Waals surface area contributed by atoms with E-state index in [0.29, 0.717) is 12.0 Å². The molecule has 3 aliphatic rings. The van der Waals surface area contributed by atoms with E-state index in [0.717, 1.165) is 18.0 Å².